The Kier molecular flexibility index (Phi) is 4.22. The van der Waals surface area contributed by atoms with Crippen LogP contribution in [-0.4, -0.2) is 28.6 Å². The first-order valence-electron chi connectivity index (χ1n) is 5.48. The largest absolute Gasteiger partial charge is 0.480 e. The van der Waals surface area contributed by atoms with Gasteiger partial charge >= 0.3 is 5.97 Å². The highest BCUT2D eigenvalue weighted by molar-refractivity contribution is 9.11. The molecule has 1 atom stereocenters. The van der Waals surface area contributed by atoms with Crippen molar-refractivity contribution in [2.24, 2.45) is 0 Å². The summed E-state index contributed by atoms with van der Waals surface area (Å²) >= 11 is 6.88. The summed E-state index contributed by atoms with van der Waals surface area (Å²) in [6.45, 7) is 1.55. The summed E-state index contributed by atoms with van der Waals surface area (Å²) in [6, 6.07) is 5.71. The van der Waals surface area contributed by atoms with E-state index < -0.39 is 5.97 Å². The Balaban J connectivity index is 2.12. The van der Waals surface area contributed by atoms with Crippen molar-refractivity contribution in [3.8, 4) is 0 Å². The zero-order chi connectivity index (χ0) is 12.4. The van der Waals surface area contributed by atoms with Gasteiger partial charge in [-0.25, -0.2) is 0 Å². The molecule has 1 aromatic rings. The number of halogens is 2. The summed E-state index contributed by atoms with van der Waals surface area (Å²) in [6.07, 6.45) is 1.72. The number of rotatable bonds is 3. The Morgan fingerprint density at radius 3 is 2.59 bits per heavy atom. The lowest BCUT2D eigenvalue weighted by Gasteiger charge is -2.21. The number of benzene rings is 1. The van der Waals surface area contributed by atoms with Crippen LogP contribution in [0.1, 0.15) is 18.4 Å². The van der Waals surface area contributed by atoms with Crippen LogP contribution in [0.25, 0.3) is 0 Å². The Labute approximate surface area is 117 Å². The summed E-state index contributed by atoms with van der Waals surface area (Å²) in [7, 11) is 0. The van der Waals surface area contributed by atoms with Gasteiger partial charge in [0.1, 0.15) is 6.04 Å². The smallest absolute Gasteiger partial charge is 0.320 e. The fraction of sp³-hybridized carbons (Fsp3) is 0.417. The van der Waals surface area contributed by atoms with Crippen molar-refractivity contribution in [3.63, 3.8) is 0 Å². The maximum Gasteiger partial charge on any atom is 0.320 e. The predicted octanol–water partition coefficient (Wildman–Crippen LogP) is 3.26. The summed E-state index contributed by atoms with van der Waals surface area (Å²) in [4.78, 5) is 13.1. The summed E-state index contributed by atoms with van der Waals surface area (Å²) in [5.41, 5.74) is 1.12. The van der Waals surface area contributed by atoms with Gasteiger partial charge in [-0.2, -0.15) is 0 Å². The number of nitrogens with zero attached hydrogens (tertiary/aromatic N) is 1. The molecule has 92 valence electrons. The Bertz CT molecular complexity index is 416. The molecule has 1 aliphatic rings. The standard InChI is InChI=1S/C12H13Br2NO2/c13-9-4-8(5-10(14)6-9)7-15-3-1-2-11(15)12(16)17/h4-6,11H,1-3,7H2,(H,16,17)/t11-/m0/s1. The first kappa shape index (κ1) is 13.1. The second kappa shape index (κ2) is 5.50. The number of carboxylic acids is 1. The van der Waals surface area contributed by atoms with Crippen LogP contribution in [0.2, 0.25) is 0 Å². The molecule has 0 saturated carbocycles. The van der Waals surface area contributed by atoms with E-state index in [0.717, 1.165) is 33.9 Å². The maximum absolute atomic E-state index is 11.1. The maximum atomic E-state index is 11.1. The van der Waals surface area contributed by atoms with Gasteiger partial charge in [-0.3, -0.25) is 9.69 Å². The van der Waals surface area contributed by atoms with E-state index in [2.05, 4.69) is 31.9 Å². The van der Waals surface area contributed by atoms with E-state index in [1.807, 2.05) is 23.1 Å². The minimum Gasteiger partial charge on any atom is -0.480 e. The van der Waals surface area contributed by atoms with E-state index in [4.69, 9.17) is 5.11 Å². The van der Waals surface area contributed by atoms with E-state index in [-0.39, 0.29) is 6.04 Å². The number of hydrogen-bond acceptors (Lipinski definition) is 2. The van der Waals surface area contributed by atoms with Crippen LogP contribution in [0.3, 0.4) is 0 Å². The van der Waals surface area contributed by atoms with Crippen molar-refractivity contribution in [3.05, 3.63) is 32.7 Å². The molecular weight excluding hydrogens is 350 g/mol. The van der Waals surface area contributed by atoms with Crippen molar-refractivity contribution < 1.29 is 9.90 Å². The highest BCUT2D eigenvalue weighted by Gasteiger charge is 2.30. The molecule has 5 heteroatoms. The number of carboxylic acid groups (broad SMARTS) is 1. The van der Waals surface area contributed by atoms with Crippen LogP contribution < -0.4 is 0 Å². The van der Waals surface area contributed by atoms with Crippen molar-refractivity contribution in [2.45, 2.75) is 25.4 Å². The van der Waals surface area contributed by atoms with Crippen molar-refractivity contribution in [2.75, 3.05) is 6.54 Å². The zero-order valence-electron chi connectivity index (χ0n) is 9.20. The number of carbonyl (C=O) groups is 1. The molecule has 17 heavy (non-hydrogen) atoms. The molecule has 1 N–H and O–H groups in total. The lowest BCUT2D eigenvalue weighted by molar-refractivity contribution is -0.142. The van der Waals surface area contributed by atoms with E-state index in [0.29, 0.717) is 6.54 Å². The molecule has 0 spiro atoms. The van der Waals surface area contributed by atoms with Crippen LogP contribution in [0.5, 0.6) is 0 Å². The third-order valence-corrected chi connectivity index (χ3v) is 3.87. The lowest BCUT2D eigenvalue weighted by atomic mass is 10.2. The molecule has 0 aliphatic carbocycles. The molecule has 1 aromatic carbocycles. The van der Waals surface area contributed by atoms with Gasteiger partial charge in [0, 0.05) is 15.5 Å². The monoisotopic (exact) mass is 361 g/mol. The summed E-state index contributed by atoms with van der Waals surface area (Å²) < 4.78 is 2.01. The zero-order valence-corrected chi connectivity index (χ0v) is 12.4. The van der Waals surface area contributed by atoms with Crippen LogP contribution in [-0.2, 0) is 11.3 Å². The third-order valence-electron chi connectivity index (χ3n) is 2.96. The number of likely N-dealkylation sites (tertiary alicyclic amines) is 1. The van der Waals surface area contributed by atoms with Crippen LogP contribution >= 0.6 is 31.9 Å². The van der Waals surface area contributed by atoms with Gasteiger partial charge in [0.2, 0.25) is 0 Å². The molecule has 0 amide bonds. The second-order valence-electron chi connectivity index (χ2n) is 4.24. The van der Waals surface area contributed by atoms with Gasteiger partial charge in [0.15, 0.2) is 0 Å². The second-order valence-corrected chi connectivity index (χ2v) is 6.08. The molecular formula is C12H13Br2NO2. The average Bonchev–Trinajstić information content (AvgIpc) is 2.63. The van der Waals surface area contributed by atoms with Gasteiger partial charge in [-0.05, 0) is 43.1 Å². The normalized spacial score (nSPS) is 20.7. The molecule has 0 radical (unpaired) electrons. The van der Waals surface area contributed by atoms with Crippen LogP contribution in [0, 0.1) is 0 Å². The van der Waals surface area contributed by atoms with Gasteiger partial charge in [-0.1, -0.05) is 31.9 Å². The van der Waals surface area contributed by atoms with Gasteiger partial charge in [-0.15, -0.1) is 0 Å². The Morgan fingerprint density at radius 2 is 2.00 bits per heavy atom. The fourth-order valence-electron chi connectivity index (χ4n) is 2.23. The third kappa shape index (κ3) is 3.30. The molecule has 2 rings (SSSR count). The summed E-state index contributed by atoms with van der Waals surface area (Å²) in [5, 5.41) is 9.11. The van der Waals surface area contributed by atoms with E-state index in [1.54, 1.807) is 0 Å². The predicted molar refractivity (Wildman–Crippen MR) is 72.9 cm³/mol. The fourth-order valence-corrected chi connectivity index (χ4v) is 3.62. The molecule has 0 unspecified atom stereocenters. The Hall–Kier alpha value is -0.390. The minimum atomic E-state index is -0.712. The van der Waals surface area contributed by atoms with Crippen LogP contribution in [0.4, 0.5) is 0 Å². The highest BCUT2D eigenvalue weighted by atomic mass is 79.9. The van der Waals surface area contributed by atoms with Crippen LogP contribution in [0.15, 0.2) is 27.1 Å². The highest BCUT2D eigenvalue weighted by Crippen LogP contribution is 2.24. The molecule has 0 aromatic heterocycles. The molecule has 0 bridgehead atoms. The molecule has 1 fully saturated rings. The molecule has 1 saturated heterocycles. The quantitative estimate of drug-likeness (QED) is 0.897. The lowest BCUT2D eigenvalue weighted by Crippen LogP contribution is -2.35. The van der Waals surface area contributed by atoms with Gasteiger partial charge in [0.25, 0.3) is 0 Å². The average molecular weight is 363 g/mol. The van der Waals surface area contributed by atoms with E-state index in [1.165, 1.54) is 0 Å². The topological polar surface area (TPSA) is 40.5 Å². The van der Waals surface area contributed by atoms with E-state index >= 15 is 0 Å². The first-order valence-corrected chi connectivity index (χ1v) is 7.06. The van der Waals surface area contributed by atoms with Crippen molar-refractivity contribution in [1.29, 1.82) is 0 Å². The number of aliphatic carboxylic acids is 1. The molecule has 1 aliphatic heterocycles. The Morgan fingerprint density at radius 1 is 1.35 bits per heavy atom. The minimum absolute atomic E-state index is 0.326. The van der Waals surface area contributed by atoms with Crippen molar-refractivity contribution in [1.82, 2.24) is 4.90 Å². The SMILES string of the molecule is O=C(O)[C@@H]1CCCN1Cc1cc(Br)cc(Br)c1. The first-order chi connectivity index (χ1) is 8.06. The summed E-state index contributed by atoms with van der Waals surface area (Å²) in [5.74, 6) is -0.712. The van der Waals surface area contributed by atoms with Gasteiger partial charge < -0.3 is 5.11 Å². The number of hydrogen-bond donors (Lipinski definition) is 1. The van der Waals surface area contributed by atoms with Gasteiger partial charge in [0.05, 0.1) is 0 Å². The van der Waals surface area contributed by atoms with E-state index in [9.17, 15) is 4.79 Å². The molecule has 1 heterocycles. The van der Waals surface area contributed by atoms with Crippen molar-refractivity contribution >= 4 is 37.8 Å². The molecule has 3 nitrogen and oxygen atoms in total.